The average Bonchev–Trinajstić information content (AvgIpc) is 2.44. The molecule has 0 fully saturated rings. The highest BCUT2D eigenvalue weighted by atomic mass is 16.5. The van der Waals surface area contributed by atoms with E-state index in [2.05, 4.69) is 5.32 Å². The van der Waals surface area contributed by atoms with Crippen LogP contribution in [0.25, 0.3) is 0 Å². The number of aliphatic hydroxyl groups is 1. The predicted octanol–water partition coefficient (Wildman–Crippen LogP) is 2.04. The zero-order chi connectivity index (χ0) is 14.3. The van der Waals surface area contributed by atoms with E-state index >= 15 is 0 Å². The van der Waals surface area contributed by atoms with Crippen LogP contribution in [-0.4, -0.2) is 29.8 Å². The van der Waals surface area contributed by atoms with Gasteiger partial charge in [-0.15, -0.1) is 0 Å². The van der Waals surface area contributed by atoms with Gasteiger partial charge in [0, 0.05) is 0 Å². The van der Waals surface area contributed by atoms with Crippen molar-refractivity contribution in [3.63, 3.8) is 0 Å². The molecule has 0 aliphatic rings. The Morgan fingerprint density at radius 2 is 1.84 bits per heavy atom. The number of hydrogen-bond acceptors (Lipinski definition) is 3. The monoisotopic (exact) mass is 265 g/mol. The molecule has 4 nitrogen and oxygen atoms in total. The largest absolute Gasteiger partial charge is 0.484 e. The normalized spacial score (nSPS) is 11.2. The lowest BCUT2D eigenvalue weighted by Crippen LogP contribution is -2.51. The molecule has 1 aromatic carbocycles. The highest BCUT2D eigenvalue weighted by Gasteiger charge is 2.27. The van der Waals surface area contributed by atoms with Crippen LogP contribution >= 0.6 is 0 Å². The molecule has 1 amide bonds. The van der Waals surface area contributed by atoms with Crippen LogP contribution in [0.5, 0.6) is 5.75 Å². The lowest BCUT2D eigenvalue weighted by Gasteiger charge is -2.30. The fraction of sp³-hybridized carbons (Fsp3) is 0.533. The molecule has 0 spiro atoms. The molecule has 0 aliphatic carbocycles. The van der Waals surface area contributed by atoms with Crippen molar-refractivity contribution in [1.29, 1.82) is 0 Å². The minimum absolute atomic E-state index is 0.0369. The van der Waals surface area contributed by atoms with Gasteiger partial charge in [0.2, 0.25) is 0 Å². The second kappa shape index (κ2) is 7.14. The van der Waals surface area contributed by atoms with E-state index in [9.17, 15) is 9.90 Å². The summed E-state index contributed by atoms with van der Waals surface area (Å²) in [5.41, 5.74) is 0.612. The summed E-state index contributed by atoms with van der Waals surface area (Å²) in [7, 11) is 0. The lowest BCUT2D eigenvalue weighted by molar-refractivity contribution is -0.125. The average molecular weight is 265 g/mol. The topological polar surface area (TPSA) is 58.6 Å². The zero-order valence-corrected chi connectivity index (χ0v) is 11.9. The Morgan fingerprint density at radius 3 is 2.32 bits per heavy atom. The SMILES string of the molecule is CCC(CC)(CO)NC(=O)COc1ccc(C)cc1. The van der Waals surface area contributed by atoms with Crippen LogP contribution in [-0.2, 0) is 4.79 Å². The van der Waals surface area contributed by atoms with E-state index in [1.807, 2.05) is 45.0 Å². The second-order valence-corrected chi connectivity index (χ2v) is 4.80. The number of carbonyl (C=O) groups is 1. The van der Waals surface area contributed by atoms with E-state index in [4.69, 9.17) is 4.74 Å². The number of ether oxygens (including phenoxy) is 1. The van der Waals surface area contributed by atoms with Gasteiger partial charge in [-0.1, -0.05) is 31.5 Å². The number of carbonyl (C=O) groups excluding carboxylic acids is 1. The van der Waals surface area contributed by atoms with E-state index in [0.29, 0.717) is 18.6 Å². The Morgan fingerprint density at radius 1 is 1.26 bits per heavy atom. The van der Waals surface area contributed by atoms with Crippen molar-refractivity contribution in [2.75, 3.05) is 13.2 Å². The zero-order valence-electron chi connectivity index (χ0n) is 11.9. The highest BCUT2D eigenvalue weighted by Crippen LogP contribution is 2.14. The molecule has 106 valence electrons. The van der Waals surface area contributed by atoms with Crippen molar-refractivity contribution in [2.24, 2.45) is 0 Å². The standard InChI is InChI=1S/C15H23NO3/c1-4-15(5-2,11-17)16-14(18)10-19-13-8-6-12(3)7-9-13/h6-9,17H,4-5,10-11H2,1-3H3,(H,16,18). The molecule has 4 heteroatoms. The fourth-order valence-electron chi connectivity index (χ4n) is 1.81. The van der Waals surface area contributed by atoms with Gasteiger partial charge >= 0.3 is 0 Å². The van der Waals surface area contributed by atoms with Gasteiger partial charge in [0.1, 0.15) is 5.75 Å². The van der Waals surface area contributed by atoms with Crippen LogP contribution in [0, 0.1) is 6.92 Å². The molecular weight excluding hydrogens is 242 g/mol. The third-order valence-electron chi connectivity index (χ3n) is 3.45. The molecule has 1 rings (SSSR count). The number of aliphatic hydroxyl groups excluding tert-OH is 1. The predicted molar refractivity (Wildman–Crippen MR) is 75.2 cm³/mol. The molecule has 0 bridgehead atoms. The van der Waals surface area contributed by atoms with E-state index in [1.165, 1.54) is 0 Å². The van der Waals surface area contributed by atoms with Crippen molar-refractivity contribution in [1.82, 2.24) is 5.32 Å². The minimum atomic E-state index is -0.534. The summed E-state index contributed by atoms with van der Waals surface area (Å²) in [5.74, 6) is 0.460. The van der Waals surface area contributed by atoms with Gasteiger partial charge in [-0.25, -0.2) is 0 Å². The maximum absolute atomic E-state index is 11.8. The van der Waals surface area contributed by atoms with E-state index in [0.717, 1.165) is 5.56 Å². The van der Waals surface area contributed by atoms with Gasteiger partial charge in [0.05, 0.1) is 12.1 Å². The smallest absolute Gasteiger partial charge is 0.258 e. The third-order valence-corrected chi connectivity index (χ3v) is 3.45. The molecule has 0 atom stereocenters. The Hall–Kier alpha value is -1.55. The molecule has 0 aliphatic heterocycles. The van der Waals surface area contributed by atoms with Crippen molar-refractivity contribution in [3.05, 3.63) is 29.8 Å². The van der Waals surface area contributed by atoms with Gasteiger partial charge in [-0.3, -0.25) is 4.79 Å². The lowest BCUT2D eigenvalue weighted by atomic mass is 9.94. The van der Waals surface area contributed by atoms with E-state index < -0.39 is 5.54 Å². The van der Waals surface area contributed by atoms with Crippen molar-refractivity contribution in [3.8, 4) is 5.75 Å². The maximum Gasteiger partial charge on any atom is 0.258 e. The molecule has 2 N–H and O–H groups in total. The Labute approximate surface area is 114 Å². The van der Waals surface area contributed by atoms with Crippen LogP contribution in [0.1, 0.15) is 32.3 Å². The molecule has 0 radical (unpaired) electrons. The van der Waals surface area contributed by atoms with Gasteiger partial charge in [-0.2, -0.15) is 0 Å². The van der Waals surface area contributed by atoms with Crippen molar-refractivity contribution < 1.29 is 14.6 Å². The summed E-state index contributed by atoms with van der Waals surface area (Å²) in [6, 6.07) is 7.54. The number of nitrogens with one attached hydrogen (secondary N) is 1. The summed E-state index contributed by atoms with van der Waals surface area (Å²) in [6.45, 7) is 5.79. The second-order valence-electron chi connectivity index (χ2n) is 4.80. The van der Waals surface area contributed by atoms with Crippen molar-refractivity contribution >= 4 is 5.91 Å². The van der Waals surface area contributed by atoms with Gasteiger partial charge in [0.25, 0.3) is 5.91 Å². The first-order valence-corrected chi connectivity index (χ1v) is 6.66. The molecule has 0 unspecified atom stereocenters. The quantitative estimate of drug-likeness (QED) is 0.793. The molecule has 19 heavy (non-hydrogen) atoms. The summed E-state index contributed by atoms with van der Waals surface area (Å²) in [6.07, 6.45) is 1.38. The van der Waals surface area contributed by atoms with Crippen LogP contribution < -0.4 is 10.1 Å². The summed E-state index contributed by atoms with van der Waals surface area (Å²) in [4.78, 5) is 11.8. The summed E-state index contributed by atoms with van der Waals surface area (Å²) in [5, 5.41) is 12.2. The first-order valence-electron chi connectivity index (χ1n) is 6.66. The highest BCUT2D eigenvalue weighted by molar-refractivity contribution is 5.78. The van der Waals surface area contributed by atoms with Crippen LogP contribution in [0.4, 0.5) is 0 Å². The maximum atomic E-state index is 11.8. The minimum Gasteiger partial charge on any atom is -0.484 e. The Balaban J connectivity index is 2.49. The molecule has 0 aromatic heterocycles. The molecule has 0 heterocycles. The van der Waals surface area contributed by atoms with Crippen LogP contribution in [0.2, 0.25) is 0 Å². The van der Waals surface area contributed by atoms with Crippen LogP contribution in [0.15, 0.2) is 24.3 Å². The summed E-state index contributed by atoms with van der Waals surface area (Å²) < 4.78 is 5.41. The van der Waals surface area contributed by atoms with Crippen molar-refractivity contribution in [2.45, 2.75) is 39.2 Å². The van der Waals surface area contributed by atoms with Crippen LogP contribution in [0.3, 0.4) is 0 Å². The first kappa shape index (κ1) is 15.5. The number of aryl methyl sites for hydroxylation is 1. The molecular formula is C15H23NO3. The van der Waals surface area contributed by atoms with E-state index in [-0.39, 0.29) is 19.1 Å². The fourth-order valence-corrected chi connectivity index (χ4v) is 1.81. The van der Waals surface area contributed by atoms with E-state index in [1.54, 1.807) is 0 Å². The first-order chi connectivity index (χ1) is 9.05. The number of benzene rings is 1. The number of rotatable bonds is 7. The number of hydrogen-bond donors (Lipinski definition) is 2. The molecule has 0 saturated carbocycles. The van der Waals surface area contributed by atoms with Gasteiger partial charge in [0.15, 0.2) is 6.61 Å². The van der Waals surface area contributed by atoms with Gasteiger partial charge in [-0.05, 0) is 31.9 Å². The Bertz CT molecular complexity index is 388. The molecule has 0 saturated heterocycles. The Kier molecular flexibility index (Phi) is 5.83. The number of amides is 1. The van der Waals surface area contributed by atoms with Gasteiger partial charge < -0.3 is 15.2 Å². The summed E-state index contributed by atoms with van der Waals surface area (Å²) >= 11 is 0. The molecule has 1 aromatic rings. The third kappa shape index (κ3) is 4.56.